The second-order valence-electron chi connectivity index (χ2n) is 4.47. The molecule has 0 saturated carbocycles. The molecule has 2 heterocycles. The Hall–Kier alpha value is -0.860. The molecule has 0 spiro atoms. The highest BCUT2D eigenvalue weighted by molar-refractivity contribution is 8.17. The maximum Gasteiger partial charge on any atom is 0.354 e. The van der Waals surface area contributed by atoms with E-state index in [2.05, 4.69) is 0 Å². The van der Waals surface area contributed by atoms with Crippen LogP contribution in [0.3, 0.4) is 0 Å². The van der Waals surface area contributed by atoms with E-state index >= 15 is 0 Å². The Balaban J connectivity index is 2.32. The van der Waals surface area contributed by atoms with Crippen molar-refractivity contribution in [1.82, 2.24) is 4.90 Å². The summed E-state index contributed by atoms with van der Waals surface area (Å²) in [5.74, 6) is -1.90. The number of aliphatic hydroxyl groups excluding tert-OH is 1. The van der Waals surface area contributed by atoms with E-state index in [1.807, 2.05) is 6.92 Å². The normalized spacial score (nSPS) is 29.0. The van der Waals surface area contributed by atoms with Crippen LogP contribution in [0, 0.1) is 5.92 Å². The lowest BCUT2D eigenvalue weighted by molar-refractivity contribution is -0.156. The summed E-state index contributed by atoms with van der Waals surface area (Å²) in [5.41, 5.74) is -0.177. The van der Waals surface area contributed by atoms with Crippen LogP contribution in [0.2, 0.25) is 0 Å². The van der Waals surface area contributed by atoms with Crippen molar-refractivity contribution in [3.63, 3.8) is 0 Å². The van der Waals surface area contributed by atoms with Crippen LogP contribution in [0.5, 0.6) is 0 Å². The molecule has 0 aromatic carbocycles. The minimum atomic E-state index is -1.40. The van der Waals surface area contributed by atoms with Gasteiger partial charge < -0.3 is 10.2 Å². The number of carbonyl (C=O) groups excluding carboxylic acids is 1. The maximum atomic E-state index is 12.0. The third kappa shape index (κ3) is 2.21. The van der Waals surface area contributed by atoms with Crippen molar-refractivity contribution in [1.29, 1.82) is 0 Å². The van der Waals surface area contributed by atoms with Crippen LogP contribution in [0.1, 0.15) is 20.3 Å². The van der Waals surface area contributed by atoms with Crippen molar-refractivity contribution in [2.75, 3.05) is 5.75 Å². The molecule has 0 aliphatic carbocycles. The van der Waals surface area contributed by atoms with E-state index in [1.165, 1.54) is 6.92 Å². The second kappa shape index (κ2) is 5.26. The summed E-state index contributed by atoms with van der Waals surface area (Å²) in [5, 5.41) is 18.3. The number of aliphatic carboxylic acids is 1. The molecule has 8 heteroatoms. The first-order valence-electron chi connectivity index (χ1n) is 5.93. The average Bonchev–Trinajstić information content (AvgIpc) is 2.64. The van der Waals surface area contributed by atoms with Gasteiger partial charge in [0, 0.05) is 5.75 Å². The van der Waals surface area contributed by atoms with Crippen molar-refractivity contribution in [2.45, 2.75) is 31.7 Å². The molecule has 6 nitrogen and oxygen atoms in total. The second-order valence-corrected chi connectivity index (χ2v) is 7.37. The summed E-state index contributed by atoms with van der Waals surface area (Å²) in [4.78, 5) is 24.3. The van der Waals surface area contributed by atoms with Gasteiger partial charge in [-0.05, 0) is 13.3 Å². The number of nitrogens with zero attached hydrogens (tertiary/aromatic N) is 1. The lowest BCUT2D eigenvalue weighted by Gasteiger charge is -2.43. The summed E-state index contributed by atoms with van der Waals surface area (Å²) >= 11 is 1.13. The number of β-lactam (4-membered cyclic amide) rings is 1. The predicted octanol–water partition coefficient (Wildman–Crippen LogP) is 0.311. The van der Waals surface area contributed by atoms with Crippen molar-refractivity contribution in [3.8, 4) is 0 Å². The molecule has 2 N–H and O–H groups in total. The van der Waals surface area contributed by atoms with E-state index in [4.69, 9.17) is 0 Å². The Labute approximate surface area is 117 Å². The SMILES string of the molecule is CCCS(=O)C1=C(C(=O)O)N2C(=O)[C@@H]([C@@H](C)O)[C@@H]2S1. The number of hydrogen-bond acceptors (Lipinski definition) is 5. The molecule has 1 saturated heterocycles. The highest BCUT2D eigenvalue weighted by Crippen LogP contribution is 2.51. The third-order valence-corrected chi connectivity index (χ3v) is 6.45. The molecule has 0 aromatic rings. The molecular weight excluding hydrogens is 290 g/mol. The average molecular weight is 305 g/mol. The molecule has 1 fully saturated rings. The molecule has 1 unspecified atom stereocenters. The van der Waals surface area contributed by atoms with Crippen molar-refractivity contribution in [2.24, 2.45) is 5.92 Å². The van der Waals surface area contributed by atoms with Gasteiger partial charge in [0.1, 0.15) is 9.61 Å². The molecule has 4 atom stereocenters. The zero-order valence-electron chi connectivity index (χ0n) is 10.5. The van der Waals surface area contributed by atoms with E-state index in [1.54, 1.807) is 0 Å². The lowest BCUT2D eigenvalue weighted by atomic mass is 9.92. The van der Waals surface area contributed by atoms with Gasteiger partial charge in [-0.3, -0.25) is 13.9 Å². The van der Waals surface area contributed by atoms with Crippen LogP contribution < -0.4 is 0 Å². The van der Waals surface area contributed by atoms with E-state index in [-0.39, 0.29) is 9.93 Å². The van der Waals surface area contributed by atoms with E-state index in [0.29, 0.717) is 12.2 Å². The summed E-state index contributed by atoms with van der Waals surface area (Å²) < 4.78 is 12.3. The Kier molecular flexibility index (Phi) is 4.03. The number of carboxylic acid groups (broad SMARTS) is 1. The van der Waals surface area contributed by atoms with Crippen LogP contribution in [-0.2, 0) is 20.4 Å². The number of fused-ring (bicyclic) bond motifs is 1. The summed E-state index contributed by atoms with van der Waals surface area (Å²) in [6.07, 6.45) is -0.169. The van der Waals surface area contributed by atoms with Crippen molar-refractivity contribution < 1.29 is 24.0 Å². The fraction of sp³-hybridized carbons (Fsp3) is 0.636. The van der Waals surface area contributed by atoms with E-state index in [0.717, 1.165) is 16.7 Å². The highest BCUT2D eigenvalue weighted by atomic mass is 32.2. The third-order valence-electron chi connectivity index (χ3n) is 3.06. The highest BCUT2D eigenvalue weighted by Gasteiger charge is 2.58. The van der Waals surface area contributed by atoms with Crippen LogP contribution in [0.4, 0.5) is 0 Å². The fourth-order valence-corrected chi connectivity index (χ4v) is 5.44. The summed E-state index contributed by atoms with van der Waals surface area (Å²) in [6, 6.07) is 0. The molecule has 19 heavy (non-hydrogen) atoms. The minimum absolute atomic E-state index is 0.177. The molecule has 2 rings (SSSR count). The lowest BCUT2D eigenvalue weighted by Crippen LogP contribution is -2.60. The van der Waals surface area contributed by atoms with Gasteiger partial charge in [-0.25, -0.2) is 4.79 Å². The van der Waals surface area contributed by atoms with Gasteiger partial charge in [0.05, 0.1) is 22.8 Å². The van der Waals surface area contributed by atoms with Gasteiger partial charge in [-0.1, -0.05) is 18.7 Å². The van der Waals surface area contributed by atoms with Gasteiger partial charge in [0.25, 0.3) is 0 Å². The molecular formula is C11H15NO5S2. The summed E-state index contributed by atoms with van der Waals surface area (Å²) in [7, 11) is -1.40. The van der Waals surface area contributed by atoms with Crippen LogP contribution in [-0.4, -0.2) is 48.4 Å². The maximum absolute atomic E-state index is 12.0. The topological polar surface area (TPSA) is 94.9 Å². The Morgan fingerprint density at radius 1 is 1.58 bits per heavy atom. The van der Waals surface area contributed by atoms with Crippen molar-refractivity contribution in [3.05, 3.63) is 9.93 Å². The molecule has 1 amide bonds. The molecule has 106 valence electrons. The first kappa shape index (κ1) is 14.5. The zero-order chi connectivity index (χ0) is 14.3. The Morgan fingerprint density at radius 3 is 2.68 bits per heavy atom. The number of hydrogen-bond donors (Lipinski definition) is 2. The molecule has 2 aliphatic rings. The number of carboxylic acids is 1. The molecule has 0 bridgehead atoms. The largest absolute Gasteiger partial charge is 0.477 e. The number of thioether (sulfide) groups is 1. The first-order valence-corrected chi connectivity index (χ1v) is 8.13. The standard InChI is InChI=1S/C11H15NO5S2/c1-3-4-19(17)11-7(10(15)16)12-8(14)6(5(2)13)9(12)18-11/h5-6,9,13H,3-4H2,1-2H3,(H,15,16)/t5-,6-,9+,19?/m1/s1. The minimum Gasteiger partial charge on any atom is -0.477 e. The van der Waals surface area contributed by atoms with Gasteiger partial charge in [-0.15, -0.1) is 0 Å². The molecule has 0 radical (unpaired) electrons. The predicted molar refractivity (Wildman–Crippen MR) is 71.4 cm³/mol. The van der Waals surface area contributed by atoms with Crippen molar-refractivity contribution >= 4 is 34.4 Å². The van der Waals surface area contributed by atoms with Crippen LogP contribution >= 0.6 is 11.8 Å². The summed E-state index contributed by atoms with van der Waals surface area (Å²) in [6.45, 7) is 3.36. The van der Waals surface area contributed by atoms with Crippen LogP contribution in [0.15, 0.2) is 9.93 Å². The smallest absolute Gasteiger partial charge is 0.354 e. The number of aliphatic hydroxyl groups is 1. The van der Waals surface area contributed by atoms with E-state index < -0.39 is 40.1 Å². The monoisotopic (exact) mass is 305 g/mol. The number of amides is 1. The Morgan fingerprint density at radius 2 is 2.21 bits per heavy atom. The quantitative estimate of drug-likeness (QED) is 0.710. The van der Waals surface area contributed by atoms with E-state index in [9.17, 15) is 24.0 Å². The fourth-order valence-electron chi connectivity index (χ4n) is 2.19. The Bertz CT molecular complexity index is 487. The number of rotatable bonds is 5. The van der Waals surface area contributed by atoms with Crippen LogP contribution in [0.25, 0.3) is 0 Å². The van der Waals surface area contributed by atoms with Gasteiger partial charge >= 0.3 is 5.97 Å². The van der Waals surface area contributed by atoms with Gasteiger partial charge in [-0.2, -0.15) is 0 Å². The number of carbonyl (C=O) groups is 2. The van der Waals surface area contributed by atoms with Gasteiger partial charge in [0.15, 0.2) is 5.70 Å². The molecule has 2 aliphatic heterocycles. The van der Waals surface area contributed by atoms with Gasteiger partial charge in [0.2, 0.25) is 5.91 Å². The zero-order valence-corrected chi connectivity index (χ0v) is 12.2. The molecule has 0 aromatic heterocycles. The first-order chi connectivity index (χ1) is 8.90.